The fourth-order valence-corrected chi connectivity index (χ4v) is 2.65. The third kappa shape index (κ3) is 2.40. The van der Waals surface area contributed by atoms with Crippen LogP contribution in [-0.2, 0) is 4.79 Å². The van der Waals surface area contributed by atoms with Gasteiger partial charge in [-0.15, -0.1) is 0 Å². The van der Waals surface area contributed by atoms with Crippen molar-refractivity contribution in [2.24, 2.45) is 11.8 Å². The average molecular weight is 309 g/mol. The van der Waals surface area contributed by atoms with Gasteiger partial charge in [0.05, 0.1) is 18.2 Å². The first-order valence-corrected chi connectivity index (χ1v) is 7.46. The van der Waals surface area contributed by atoms with Crippen LogP contribution >= 0.6 is 0 Å². The molecule has 1 saturated carbocycles. The molecule has 2 atom stereocenters. The summed E-state index contributed by atoms with van der Waals surface area (Å²) in [5.41, 5.74) is 1.80. The quantitative estimate of drug-likeness (QED) is 0.770. The van der Waals surface area contributed by atoms with Crippen molar-refractivity contribution in [3.8, 4) is 5.69 Å². The second-order valence-electron chi connectivity index (χ2n) is 5.88. The van der Waals surface area contributed by atoms with Gasteiger partial charge in [0, 0.05) is 11.6 Å². The van der Waals surface area contributed by atoms with Crippen molar-refractivity contribution >= 4 is 22.6 Å². The Morgan fingerprint density at radius 2 is 2.09 bits per heavy atom. The molecule has 3 aromatic rings. The zero-order valence-corrected chi connectivity index (χ0v) is 12.5. The maximum absolute atomic E-state index is 11.9. The van der Waals surface area contributed by atoms with E-state index in [1.54, 1.807) is 4.68 Å². The topological polar surface area (TPSA) is 92.7 Å². The number of carbonyl (C=O) groups excluding carboxylic acids is 1. The van der Waals surface area contributed by atoms with Crippen molar-refractivity contribution in [3.05, 3.63) is 47.1 Å². The Balaban J connectivity index is 1.61. The Bertz CT molecular complexity index is 941. The van der Waals surface area contributed by atoms with Gasteiger partial charge < -0.3 is 10.3 Å². The lowest BCUT2D eigenvalue weighted by atomic mass is 10.2. The Morgan fingerprint density at radius 3 is 2.78 bits per heavy atom. The number of amides is 1. The molecule has 1 aliphatic rings. The molecule has 0 spiro atoms. The van der Waals surface area contributed by atoms with E-state index in [4.69, 9.17) is 0 Å². The van der Waals surface area contributed by atoms with Gasteiger partial charge in [0.15, 0.2) is 5.65 Å². The molecule has 0 radical (unpaired) electrons. The maximum atomic E-state index is 11.9. The first-order chi connectivity index (χ1) is 11.1. The van der Waals surface area contributed by atoms with E-state index in [-0.39, 0.29) is 17.4 Å². The smallest absolute Gasteiger partial charge is 0.261 e. The van der Waals surface area contributed by atoms with Crippen LogP contribution in [0.4, 0.5) is 5.69 Å². The summed E-state index contributed by atoms with van der Waals surface area (Å²) < 4.78 is 1.60. The van der Waals surface area contributed by atoms with Gasteiger partial charge in [-0.05, 0) is 36.6 Å². The van der Waals surface area contributed by atoms with Crippen molar-refractivity contribution in [1.29, 1.82) is 0 Å². The second kappa shape index (κ2) is 5.05. The normalized spacial score (nSPS) is 19.7. The molecule has 116 valence electrons. The Kier molecular flexibility index (Phi) is 3.00. The highest BCUT2D eigenvalue weighted by Gasteiger charge is 2.39. The van der Waals surface area contributed by atoms with Crippen molar-refractivity contribution in [2.45, 2.75) is 13.3 Å². The summed E-state index contributed by atoms with van der Waals surface area (Å²) in [5.74, 6) is 0.692. The van der Waals surface area contributed by atoms with E-state index < -0.39 is 0 Å². The second-order valence-corrected chi connectivity index (χ2v) is 5.88. The highest BCUT2D eigenvalue weighted by molar-refractivity contribution is 5.94. The molecular formula is C16H15N5O2. The van der Waals surface area contributed by atoms with Crippen molar-refractivity contribution in [1.82, 2.24) is 19.7 Å². The van der Waals surface area contributed by atoms with Gasteiger partial charge in [0.2, 0.25) is 5.91 Å². The van der Waals surface area contributed by atoms with Gasteiger partial charge >= 0.3 is 0 Å². The lowest BCUT2D eigenvalue weighted by molar-refractivity contribution is -0.117. The number of anilines is 1. The van der Waals surface area contributed by atoms with Gasteiger partial charge in [0.25, 0.3) is 5.56 Å². The molecular weight excluding hydrogens is 294 g/mol. The fraction of sp³-hybridized carbons (Fsp3) is 0.250. The summed E-state index contributed by atoms with van der Waals surface area (Å²) in [6, 6.07) is 7.31. The molecule has 1 aromatic carbocycles. The summed E-state index contributed by atoms with van der Waals surface area (Å²) in [7, 11) is 0. The van der Waals surface area contributed by atoms with E-state index in [1.807, 2.05) is 24.3 Å². The molecule has 2 aromatic heterocycles. The van der Waals surface area contributed by atoms with E-state index in [0.29, 0.717) is 17.0 Å². The predicted molar refractivity (Wildman–Crippen MR) is 85.4 cm³/mol. The number of nitrogens with zero attached hydrogens (tertiary/aromatic N) is 3. The summed E-state index contributed by atoms with van der Waals surface area (Å²) >= 11 is 0. The molecule has 2 N–H and O–H groups in total. The molecule has 0 bridgehead atoms. The number of hydrogen-bond donors (Lipinski definition) is 2. The molecule has 4 rings (SSSR count). The SMILES string of the molecule is C[C@@H]1C[C@@H]1C(=O)Nc1ccc(-n2ncc3c(=O)[nH]cnc32)cc1. The van der Waals surface area contributed by atoms with Gasteiger partial charge in [-0.2, -0.15) is 5.10 Å². The number of carbonyl (C=O) groups is 1. The number of hydrogen-bond acceptors (Lipinski definition) is 4. The Labute approximate surface area is 131 Å². The van der Waals surface area contributed by atoms with Crippen LogP contribution in [0.1, 0.15) is 13.3 Å². The average Bonchev–Trinajstić information content (AvgIpc) is 3.12. The molecule has 0 saturated heterocycles. The van der Waals surface area contributed by atoms with Crippen molar-refractivity contribution in [2.75, 3.05) is 5.32 Å². The van der Waals surface area contributed by atoms with Crippen LogP contribution in [-0.4, -0.2) is 25.7 Å². The minimum absolute atomic E-state index is 0.0722. The number of nitrogens with one attached hydrogen (secondary N) is 2. The molecule has 7 heteroatoms. The summed E-state index contributed by atoms with van der Waals surface area (Å²) in [6.45, 7) is 2.07. The number of fused-ring (bicyclic) bond motifs is 1. The molecule has 1 amide bonds. The Hall–Kier alpha value is -2.96. The highest BCUT2D eigenvalue weighted by atomic mass is 16.2. The van der Waals surface area contributed by atoms with E-state index >= 15 is 0 Å². The Morgan fingerprint density at radius 1 is 1.35 bits per heavy atom. The summed E-state index contributed by atoms with van der Waals surface area (Å²) in [4.78, 5) is 30.3. The number of H-pyrrole nitrogens is 1. The van der Waals surface area contributed by atoms with Crippen LogP contribution in [0.5, 0.6) is 0 Å². The first kappa shape index (κ1) is 13.7. The van der Waals surface area contributed by atoms with Crippen LogP contribution < -0.4 is 10.9 Å². The number of benzene rings is 1. The molecule has 7 nitrogen and oxygen atoms in total. The van der Waals surface area contributed by atoms with E-state index in [9.17, 15) is 9.59 Å². The van der Waals surface area contributed by atoms with E-state index in [0.717, 1.165) is 17.8 Å². The van der Waals surface area contributed by atoms with Crippen molar-refractivity contribution < 1.29 is 4.79 Å². The van der Waals surface area contributed by atoms with Gasteiger partial charge in [-0.25, -0.2) is 9.67 Å². The molecule has 2 heterocycles. The van der Waals surface area contributed by atoms with Crippen LogP contribution in [0.25, 0.3) is 16.7 Å². The van der Waals surface area contributed by atoms with Crippen LogP contribution in [0.3, 0.4) is 0 Å². The molecule has 1 fully saturated rings. The number of rotatable bonds is 3. The zero-order chi connectivity index (χ0) is 16.0. The number of aromatic nitrogens is 4. The monoisotopic (exact) mass is 309 g/mol. The fourth-order valence-electron chi connectivity index (χ4n) is 2.65. The van der Waals surface area contributed by atoms with Gasteiger partial charge in [0.1, 0.15) is 5.39 Å². The van der Waals surface area contributed by atoms with Crippen LogP contribution in [0.2, 0.25) is 0 Å². The van der Waals surface area contributed by atoms with E-state index in [1.165, 1.54) is 12.5 Å². The van der Waals surface area contributed by atoms with E-state index in [2.05, 4.69) is 27.3 Å². The molecule has 1 aliphatic carbocycles. The lowest BCUT2D eigenvalue weighted by Crippen LogP contribution is -2.14. The maximum Gasteiger partial charge on any atom is 0.261 e. The standard InChI is InChI=1S/C16H15N5O2/c1-9-6-12(9)16(23)20-10-2-4-11(5-3-10)21-14-13(7-19-21)15(22)18-8-17-14/h2-5,7-9,12H,6H2,1H3,(H,20,23)(H,17,18,22)/t9-,12+/m1/s1. The van der Waals surface area contributed by atoms with Crippen LogP contribution in [0.15, 0.2) is 41.6 Å². The van der Waals surface area contributed by atoms with Gasteiger partial charge in [-0.1, -0.05) is 6.92 Å². The van der Waals surface area contributed by atoms with Crippen molar-refractivity contribution in [3.63, 3.8) is 0 Å². The summed E-state index contributed by atoms with van der Waals surface area (Å²) in [5, 5.41) is 7.56. The minimum Gasteiger partial charge on any atom is -0.326 e. The van der Waals surface area contributed by atoms with Gasteiger partial charge in [-0.3, -0.25) is 9.59 Å². The third-order valence-corrected chi connectivity index (χ3v) is 4.20. The number of aromatic amines is 1. The zero-order valence-electron chi connectivity index (χ0n) is 12.5. The summed E-state index contributed by atoms with van der Waals surface area (Å²) in [6.07, 6.45) is 3.81. The van der Waals surface area contributed by atoms with Crippen LogP contribution in [0, 0.1) is 11.8 Å². The first-order valence-electron chi connectivity index (χ1n) is 7.46. The predicted octanol–water partition coefficient (Wildman–Crippen LogP) is 1.70. The molecule has 0 unspecified atom stereocenters. The largest absolute Gasteiger partial charge is 0.326 e. The highest BCUT2D eigenvalue weighted by Crippen LogP contribution is 2.38. The minimum atomic E-state index is -0.219. The third-order valence-electron chi connectivity index (χ3n) is 4.20. The molecule has 23 heavy (non-hydrogen) atoms. The lowest BCUT2D eigenvalue weighted by Gasteiger charge is -2.07. The molecule has 0 aliphatic heterocycles.